The molecule has 0 bridgehead atoms. The Bertz CT molecular complexity index is 273. The van der Waals surface area contributed by atoms with Crippen molar-refractivity contribution in [2.24, 2.45) is 5.92 Å². The van der Waals surface area contributed by atoms with Gasteiger partial charge in [0.1, 0.15) is 0 Å². The number of carboxylic acid groups (broad SMARTS) is 1. The SMILES string of the molecule is CC1CCC(=O)N(C/C=C/C(=O)O)CC1. The number of hydrogen-bond acceptors (Lipinski definition) is 2. The highest BCUT2D eigenvalue weighted by molar-refractivity contribution is 5.80. The smallest absolute Gasteiger partial charge is 0.328 e. The van der Waals surface area contributed by atoms with Gasteiger partial charge in [0, 0.05) is 25.6 Å². The lowest BCUT2D eigenvalue weighted by Gasteiger charge is -2.18. The van der Waals surface area contributed by atoms with Crippen LogP contribution in [0, 0.1) is 5.92 Å². The van der Waals surface area contributed by atoms with E-state index in [4.69, 9.17) is 5.11 Å². The van der Waals surface area contributed by atoms with Crippen LogP contribution < -0.4 is 0 Å². The number of carboxylic acids is 1. The molecular formula is C11H17NO3. The first kappa shape index (κ1) is 11.8. The Labute approximate surface area is 89.6 Å². The second-order valence-electron chi connectivity index (χ2n) is 4.01. The van der Waals surface area contributed by atoms with Crippen LogP contribution in [0.15, 0.2) is 12.2 Å². The number of hydrogen-bond donors (Lipinski definition) is 1. The molecule has 4 heteroatoms. The Morgan fingerprint density at radius 2 is 2.33 bits per heavy atom. The molecular weight excluding hydrogens is 194 g/mol. The molecule has 0 aliphatic carbocycles. The Morgan fingerprint density at radius 1 is 1.60 bits per heavy atom. The maximum Gasteiger partial charge on any atom is 0.328 e. The molecule has 0 aromatic rings. The van der Waals surface area contributed by atoms with Gasteiger partial charge in [-0.15, -0.1) is 0 Å². The summed E-state index contributed by atoms with van der Waals surface area (Å²) >= 11 is 0. The van der Waals surface area contributed by atoms with Crippen LogP contribution in [-0.2, 0) is 9.59 Å². The lowest BCUT2D eigenvalue weighted by Crippen LogP contribution is -2.30. The molecule has 0 saturated carbocycles. The van der Waals surface area contributed by atoms with E-state index in [9.17, 15) is 9.59 Å². The van der Waals surface area contributed by atoms with Crippen molar-refractivity contribution in [1.29, 1.82) is 0 Å². The molecule has 1 saturated heterocycles. The largest absolute Gasteiger partial charge is 0.478 e. The number of carbonyl (C=O) groups excluding carboxylic acids is 1. The van der Waals surface area contributed by atoms with Gasteiger partial charge in [-0.05, 0) is 18.8 Å². The van der Waals surface area contributed by atoms with E-state index in [-0.39, 0.29) is 5.91 Å². The second kappa shape index (κ2) is 5.53. The predicted molar refractivity (Wildman–Crippen MR) is 56.4 cm³/mol. The normalized spacial score (nSPS) is 23.1. The number of carbonyl (C=O) groups is 2. The first-order valence-corrected chi connectivity index (χ1v) is 5.27. The summed E-state index contributed by atoms with van der Waals surface area (Å²) in [5.41, 5.74) is 0. The van der Waals surface area contributed by atoms with Crippen LogP contribution in [-0.4, -0.2) is 35.0 Å². The summed E-state index contributed by atoms with van der Waals surface area (Å²) in [4.78, 5) is 23.6. The molecule has 0 spiro atoms. The monoisotopic (exact) mass is 211 g/mol. The highest BCUT2D eigenvalue weighted by Crippen LogP contribution is 2.17. The Balaban J connectivity index is 2.45. The topological polar surface area (TPSA) is 57.6 Å². The predicted octanol–water partition coefficient (Wildman–Crippen LogP) is 1.28. The third-order valence-corrected chi connectivity index (χ3v) is 2.68. The molecule has 1 atom stereocenters. The molecule has 1 unspecified atom stereocenters. The molecule has 4 nitrogen and oxygen atoms in total. The number of amides is 1. The van der Waals surface area contributed by atoms with Crippen LogP contribution in [0.5, 0.6) is 0 Å². The molecule has 1 aliphatic rings. The third-order valence-electron chi connectivity index (χ3n) is 2.68. The zero-order valence-electron chi connectivity index (χ0n) is 8.98. The molecule has 0 radical (unpaired) electrons. The van der Waals surface area contributed by atoms with Gasteiger partial charge in [0.05, 0.1) is 0 Å². The lowest BCUT2D eigenvalue weighted by atomic mass is 10.0. The molecule has 1 aliphatic heterocycles. The molecule has 15 heavy (non-hydrogen) atoms. The van der Waals surface area contributed by atoms with Gasteiger partial charge < -0.3 is 10.0 Å². The van der Waals surface area contributed by atoms with Crippen molar-refractivity contribution >= 4 is 11.9 Å². The average molecular weight is 211 g/mol. The summed E-state index contributed by atoms with van der Waals surface area (Å²) in [5, 5.41) is 8.42. The van der Waals surface area contributed by atoms with Gasteiger partial charge in [-0.1, -0.05) is 13.0 Å². The average Bonchev–Trinajstić information content (AvgIpc) is 2.32. The highest BCUT2D eigenvalue weighted by Gasteiger charge is 2.18. The highest BCUT2D eigenvalue weighted by atomic mass is 16.4. The van der Waals surface area contributed by atoms with E-state index in [2.05, 4.69) is 6.92 Å². The van der Waals surface area contributed by atoms with Crippen molar-refractivity contribution in [1.82, 2.24) is 4.90 Å². The van der Waals surface area contributed by atoms with E-state index in [0.29, 0.717) is 18.9 Å². The quantitative estimate of drug-likeness (QED) is 0.715. The zero-order chi connectivity index (χ0) is 11.3. The standard InChI is InChI=1S/C11H17NO3/c1-9-4-5-10(13)12(8-6-9)7-2-3-11(14)15/h2-3,9H,4-8H2,1H3,(H,14,15)/b3-2+. The minimum Gasteiger partial charge on any atom is -0.478 e. The molecule has 1 N–H and O–H groups in total. The lowest BCUT2D eigenvalue weighted by molar-refractivity contribution is -0.132. The van der Waals surface area contributed by atoms with Gasteiger partial charge in [0.2, 0.25) is 5.91 Å². The van der Waals surface area contributed by atoms with Crippen molar-refractivity contribution in [3.63, 3.8) is 0 Å². The van der Waals surface area contributed by atoms with Crippen LogP contribution in [0.2, 0.25) is 0 Å². The van der Waals surface area contributed by atoms with Crippen LogP contribution in [0.4, 0.5) is 0 Å². The van der Waals surface area contributed by atoms with Gasteiger partial charge in [-0.3, -0.25) is 4.79 Å². The van der Waals surface area contributed by atoms with Crippen molar-refractivity contribution < 1.29 is 14.7 Å². The number of likely N-dealkylation sites (tertiary alicyclic amines) is 1. The van der Waals surface area contributed by atoms with E-state index in [1.165, 1.54) is 6.08 Å². The number of rotatable bonds is 3. The van der Waals surface area contributed by atoms with Gasteiger partial charge in [0.15, 0.2) is 0 Å². The second-order valence-corrected chi connectivity index (χ2v) is 4.01. The van der Waals surface area contributed by atoms with Crippen LogP contribution >= 0.6 is 0 Å². The molecule has 0 aromatic heterocycles. The summed E-state index contributed by atoms with van der Waals surface area (Å²) in [7, 11) is 0. The van der Waals surface area contributed by atoms with Crippen molar-refractivity contribution in [3.8, 4) is 0 Å². The molecule has 1 heterocycles. The zero-order valence-corrected chi connectivity index (χ0v) is 8.98. The van der Waals surface area contributed by atoms with Gasteiger partial charge in [-0.2, -0.15) is 0 Å². The first-order valence-electron chi connectivity index (χ1n) is 5.27. The molecule has 0 aromatic carbocycles. The van der Waals surface area contributed by atoms with Crippen molar-refractivity contribution in [3.05, 3.63) is 12.2 Å². The van der Waals surface area contributed by atoms with E-state index in [0.717, 1.165) is 25.5 Å². The minimum atomic E-state index is -0.967. The van der Waals surface area contributed by atoms with E-state index in [1.807, 2.05) is 0 Å². The summed E-state index contributed by atoms with van der Waals surface area (Å²) in [6.45, 7) is 3.30. The van der Waals surface area contributed by atoms with Crippen LogP contribution in [0.1, 0.15) is 26.2 Å². The van der Waals surface area contributed by atoms with Crippen molar-refractivity contribution in [2.75, 3.05) is 13.1 Å². The van der Waals surface area contributed by atoms with Gasteiger partial charge in [-0.25, -0.2) is 4.79 Å². The molecule has 84 valence electrons. The summed E-state index contributed by atoms with van der Waals surface area (Å²) < 4.78 is 0. The fraction of sp³-hybridized carbons (Fsp3) is 0.636. The third kappa shape index (κ3) is 4.14. The number of nitrogens with zero attached hydrogens (tertiary/aromatic N) is 1. The fourth-order valence-electron chi connectivity index (χ4n) is 1.65. The van der Waals surface area contributed by atoms with Crippen LogP contribution in [0.25, 0.3) is 0 Å². The fourth-order valence-corrected chi connectivity index (χ4v) is 1.65. The first-order chi connectivity index (χ1) is 7.09. The molecule has 1 rings (SSSR count). The van der Waals surface area contributed by atoms with Crippen LogP contribution in [0.3, 0.4) is 0 Å². The summed E-state index contributed by atoms with van der Waals surface area (Å²) in [6, 6.07) is 0. The van der Waals surface area contributed by atoms with E-state index in [1.54, 1.807) is 4.90 Å². The Kier molecular flexibility index (Phi) is 4.34. The van der Waals surface area contributed by atoms with Gasteiger partial charge >= 0.3 is 5.97 Å². The van der Waals surface area contributed by atoms with E-state index >= 15 is 0 Å². The molecule has 1 amide bonds. The maximum absolute atomic E-state index is 11.6. The summed E-state index contributed by atoms with van der Waals surface area (Å²) in [6.07, 6.45) is 5.14. The summed E-state index contributed by atoms with van der Waals surface area (Å²) in [5.74, 6) is -0.248. The Morgan fingerprint density at radius 3 is 3.00 bits per heavy atom. The molecule has 1 fully saturated rings. The number of aliphatic carboxylic acids is 1. The minimum absolute atomic E-state index is 0.134. The maximum atomic E-state index is 11.6. The Hall–Kier alpha value is -1.32. The van der Waals surface area contributed by atoms with Crippen molar-refractivity contribution in [2.45, 2.75) is 26.2 Å². The van der Waals surface area contributed by atoms with E-state index < -0.39 is 5.97 Å². The van der Waals surface area contributed by atoms with Gasteiger partial charge in [0.25, 0.3) is 0 Å².